The number of nitrogens with one attached hydrogen (secondary N) is 1. The van der Waals surface area contributed by atoms with E-state index in [0.717, 1.165) is 13.0 Å². The van der Waals surface area contributed by atoms with Gasteiger partial charge in [-0.3, -0.25) is 9.69 Å². The van der Waals surface area contributed by atoms with Crippen LogP contribution in [0.15, 0.2) is 0 Å². The molecule has 2 saturated heterocycles. The van der Waals surface area contributed by atoms with Crippen molar-refractivity contribution in [3.05, 3.63) is 0 Å². The van der Waals surface area contributed by atoms with Crippen molar-refractivity contribution < 1.29 is 4.79 Å². The summed E-state index contributed by atoms with van der Waals surface area (Å²) in [6.07, 6.45) is 9.78. The number of nitrogens with zero attached hydrogens (tertiary/aromatic N) is 2. The van der Waals surface area contributed by atoms with Gasteiger partial charge >= 0.3 is 0 Å². The first-order valence-electron chi connectivity index (χ1n) is 8.95. The monoisotopic (exact) mass is 293 g/mol. The van der Waals surface area contributed by atoms with Gasteiger partial charge in [-0.25, -0.2) is 0 Å². The van der Waals surface area contributed by atoms with Crippen LogP contribution in [0.1, 0.15) is 51.4 Å². The molecule has 4 nitrogen and oxygen atoms in total. The van der Waals surface area contributed by atoms with Crippen LogP contribution in [0.3, 0.4) is 0 Å². The summed E-state index contributed by atoms with van der Waals surface area (Å²) >= 11 is 0. The minimum atomic E-state index is 0.235. The van der Waals surface area contributed by atoms with E-state index in [2.05, 4.69) is 22.2 Å². The molecule has 1 saturated carbocycles. The molecule has 0 aromatic carbocycles. The van der Waals surface area contributed by atoms with E-state index in [0.29, 0.717) is 18.0 Å². The first-order valence-corrected chi connectivity index (χ1v) is 8.95. The summed E-state index contributed by atoms with van der Waals surface area (Å²) in [4.78, 5) is 17.5. The molecule has 1 unspecified atom stereocenters. The van der Waals surface area contributed by atoms with Crippen molar-refractivity contribution in [3.8, 4) is 0 Å². The van der Waals surface area contributed by atoms with Crippen LogP contribution >= 0.6 is 0 Å². The molecule has 21 heavy (non-hydrogen) atoms. The van der Waals surface area contributed by atoms with Gasteiger partial charge in [-0.05, 0) is 65.2 Å². The highest BCUT2D eigenvalue weighted by atomic mass is 16.2. The van der Waals surface area contributed by atoms with Gasteiger partial charge in [0.15, 0.2) is 0 Å². The number of likely N-dealkylation sites (tertiary alicyclic amines) is 2. The fourth-order valence-corrected chi connectivity index (χ4v) is 4.30. The minimum absolute atomic E-state index is 0.235. The Balaban J connectivity index is 1.49. The van der Waals surface area contributed by atoms with Crippen molar-refractivity contribution in [2.45, 2.75) is 63.5 Å². The van der Waals surface area contributed by atoms with Crippen molar-refractivity contribution in [1.29, 1.82) is 0 Å². The third-order valence-electron chi connectivity index (χ3n) is 5.73. The van der Waals surface area contributed by atoms with Gasteiger partial charge < -0.3 is 10.2 Å². The Morgan fingerprint density at radius 2 is 1.67 bits per heavy atom. The average Bonchev–Trinajstić information content (AvgIpc) is 3.01. The summed E-state index contributed by atoms with van der Waals surface area (Å²) in [6.45, 7) is 4.61. The molecule has 3 fully saturated rings. The molecule has 1 amide bonds. The molecule has 1 aliphatic carbocycles. The zero-order valence-corrected chi connectivity index (χ0v) is 13.5. The highest BCUT2D eigenvalue weighted by molar-refractivity contribution is 5.79. The first kappa shape index (κ1) is 15.3. The molecular weight excluding hydrogens is 262 g/mol. The number of piperidine rings is 2. The molecule has 3 aliphatic rings. The molecular formula is C17H31N3O. The molecule has 0 aromatic heterocycles. The van der Waals surface area contributed by atoms with Crippen LogP contribution in [0.5, 0.6) is 0 Å². The molecule has 1 N–H and O–H groups in total. The third kappa shape index (κ3) is 3.98. The first-order chi connectivity index (χ1) is 10.2. The van der Waals surface area contributed by atoms with Crippen molar-refractivity contribution in [3.63, 3.8) is 0 Å². The lowest BCUT2D eigenvalue weighted by atomic mass is 9.93. The van der Waals surface area contributed by atoms with Gasteiger partial charge in [-0.1, -0.05) is 12.8 Å². The van der Waals surface area contributed by atoms with E-state index >= 15 is 0 Å². The number of hydrogen-bond acceptors (Lipinski definition) is 3. The number of amides is 1. The van der Waals surface area contributed by atoms with Gasteiger partial charge in [-0.2, -0.15) is 0 Å². The fraction of sp³-hybridized carbons (Fsp3) is 0.941. The normalized spacial score (nSPS) is 30.6. The van der Waals surface area contributed by atoms with Crippen LogP contribution in [-0.2, 0) is 4.79 Å². The topological polar surface area (TPSA) is 35.6 Å². The Bertz CT molecular complexity index is 346. The van der Waals surface area contributed by atoms with E-state index in [9.17, 15) is 4.79 Å². The highest BCUT2D eigenvalue weighted by Crippen LogP contribution is 2.25. The average molecular weight is 293 g/mol. The summed E-state index contributed by atoms with van der Waals surface area (Å²) in [6, 6.07) is 1.18. The van der Waals surface area contributed by atoms with Gasteiger partial charge in [0, 0.05) is 18.6 Å². The molecule has 2 aliphatic heterocycles. The predicted molar refractivity (Wildman–Crippen MR) is 85.2 cm³/mol. The van der Waals surface area contributed by atoms with Gasteiger partial charge in [0.25, 0.3) is 0 Å². The van der Waals surface area contributed by atoms with E-state index in [-0.39, 0.29) is 5.92 Å². The van der Waals surface area contributed by atoms with Crippen molar-refractivity contribution in [1.82, 2.24) is 15.1 Å². The number of rotatable bonds is 3. The lowest BCUT2D eigenvalue weighted by Gasteiger charge is -2.41. The van der Waals surface area contributed by atoms with E-state index in [1.807, 2.05) is 0 Å². The molecule has 1 atom stereocenters. The van der Waals surface area contributed by atoms with Crippen molar-refractivity contribution in [2.24, 2.45) is 5.92 Å². The molecule has 0 bridgehead atoms. The minimum Gasteiger partial charge on any atom is -0.353 e. The Labute approximate surface area is 129 Å². The van der Waals surface area contributed by atoms with Crippen LogP contribution < -0.4 is 5.32 Å². The lowest BCUT2D eigenvalue weighted by molar-refractivity contribution is -0.127. The van der Waals surface area contributed by atoms with Gasteiger partial charge in [-0.15, -0.1) is 0 Å². The summed E-state index contributed by atoms with van der Waals surface area (Å²) in [5.74, 6) is 0.568. The number of hydrogen-bond donors (Lipinski definition) is 1. The van der Waals surface area contributed by atoms with Crippen LogP contribution in [-0.4, -0.2) is 61.0 Å². The largest absolute Gasteiger partial charge is 0.353 e. The molecule has 0 spiro atoms. The Hall–Kier alpha value is -0.610. The van der Waals surface area contributed by atoms with E-state index in [1.165, 1.54) is 64.6 Å². The van der Waals surface area contributed by atoms with E-state index in [1.54, 1.807) is 0 Å². The number of carbonyl (C=O) groups is 1. The number of carbonyl (C=O) groups excluding carboxylic acids is 1. The second-order valence-electron chi connectivity index (χ2n) is 7.36. The molecule has 0 radical (unpaired) electrons. The Morgan fingerprint density at radius 3 is 2.38 bits per heavy atom. The predicted octanol–water partition coefficient (Wildman–Crippen LogP) is 1.85. The standard InChI is InChI=1S/C17H31N3O/c1-19-11-8-16(9-12-19)20-10-4-5-14(13-20)17(21)18-15-6-2-3-7-15/h14-16H,2-13H2,1H3,(H,18,21). The van der Waals surface area contributed by atoms with Crippen LogP contribution in [0.2, 0.25) is 0 Å². The van der Waals surface area contributed by atoms with Crippen molar-refractivity contribution >= 4 is 5.91 Å². The maximum absolute atomic E-state index is 12.5. The third-order valence-corrected chi connectivity index (χ3v) is 5.73. The molecule has 2 heterocycles. The van der Waals surface area contributed by atoms with Gasteiger partial charge in [0.1, 0.15) is 0 Å². The summed E-state index contributed by atoms with van der Waals surface area (Å²) in [5, 5.41) is 3.31. The van der Waals surface area contributed by atoms with Gasteiger partial charge in [0.2, 0.25) is 5.91 Å². The van der Waals surface area contributed by atoms with E-state index in [4.69, 9.17) is 0 Å². The lowest BCUT2D eigenvalue weighted by Crippen LogP contribution is -2.51. The van der Waals surface area contributed by atoms with Gasteiger partial charge in [0.05, 0.1) is 5.92 Å². The van der Waals surface area contributed by atoms with Crippen molar-refractivity contribution in [2.75, 3.05) is 33.2 Å². The van der Waals surface area contributed by atoms with Crippen LogP contribution in [0, 0.1) is 5.92 Å². The summed E-state index contributed by atoms with van der Waals surface area (Å²) in [5.41, 5.74) is 0. The second kappa shape index (κ2) is 7.10. The van der Waals surface area contributed by atoms with Crippen LogP contribution in [0.4, 0.5) is 0 Å². The molecule has 3 rings (SSSR count). The Morgan fingerprint density at radius 1 is 0.952 bits per heavy atom. The summed E-state index contributed by atoms with van der Waals surface area (Å²) in [7, 11) is 2.21. The smallest absolute Gasteiger partial charge is 0.224 e. The summed E-state index contributed by atoms with van der Waals surface area (Å²) < 4.78 is 0. The molecule has 0 aromatic rings. The molecule has 120 valence electrons. The second-order valence-corrected chi connectivity index (χ2v) is 7.36. The maximum atomic E-state index is 12.5. The quantitative estimate of drug-likeness (QED) is 0.862. The maximum Gasteiger partial charge on any atom is 0.224 e. The zero-order valence-electron chi connectivity index (χ0n) is 13.5. The zero-order chi connectivity index (χ0) is 14.7. The SMILES string of the molecule is CN1CCC(N2CCCC(C(=O)NC3CCCC3)C2)CC1. The Kier molecular flexibility index (Phi) is 5.17. The van der Waals surface area contributed by atoms with Crippen LogP contribution in [0.25, 0.3) is 0 Å². The molecule has 4 heteroatoms. The highest BCUT2D eigenvalue weighted by Gasteiger charge is 2.32. The van der Waals surface area contributed by atoms with E-state index < -0.39 is 0 Å². The fourth-order valence-electron chi connectivity index (χ4n) is 4.30.